The SMILES string of the molecule is CC(C)Oc1ccc(Oc2ccc(CNC(=O)c3cccnc3)cc2)cc1. The number of rotatable bonds is 7. The standard InChI is InChI=1S/C22H22N2O3/c1-16(2)26-19-9-11-21(12-10-19)27-20-7-5-17(6-8-20)14-24-22(25)18-4-3-13-23-15-18/h3-13,15-16H,14H2,1-2H3,(H,24,25). The van der Waals surface area contributed by atoms with Crippen molar-refractivity contribution in [2.75, 3.05) is 0 Å². The maximum absolute atomic E-state index is 12.0. The van der Waals surface area contributed by atoms with Crippen LogP contribution >= 0.6 is 0 Å². The summed E-state index contributed by atoms with van der Waals surface area (Å²) in [4.78, 5) is 16.0. The van der Waals surface area contributed by atoms with Gasteiger partial charge in [-0.1, -0.05) is 12.1 Å². The summed E-state index contributed by atoms with van der Waals surface area (Å²) in [5.74, 6) is 2.14. The van der Waals surface area contributed by atoms with Crippen molar-refractivity contribution in [1.82, 2.24) is 10.3 Å². The zero-order chi connectivity index (χ0) is 19.1. The van der Waals surface area contributed by atoms with Gasteiger partial charge in [-0.2, -0.15) is 0 Å². The lowest BCUT2D eigenvalue weighted by Crippen LogP contribution is -2.22. The van der Waals surface area contributed by atoms with Gasteiger partial charge in [-0.3, -0.25) is 9.78 Å². The van der Waals surface area contributed by atoms with Crippen molar-refractivity contribution < 1.29 is 14.3 Å². The van der Waals surface area contributed by atoms with Crippen LogP contribution in [0.25, 0.3) is 0 Å². The minimum atomic E-state index is -0.146. The molecule has 0 bridgehead atoms. The number of amides is 1. The van der Waals surface area contributed by atoms with Gasteiger partial charge < -0.3 is 14.8 Å². The highest BCUT2D eigenvalue weighted by Crippen LogP contribution is 2.24. The number of benzene rings is 2. The van der Waals surface area contributed by atoms with Crippen molar-refractivity contribution in [3.8, 4) is 17.2 Å². The Morgan fingerprint density at radius 3 is 2.19 bits per heavy atom. The molecule has 1 amide bonds. The van der Waals surface area contributed by atoms with E-state index >= 15 is 0 Å². The van der Waals surface area contributed by atoms with Crippen LogP contribution in [0.15, 0.2) is 73.1 Å². The quantitative estimate of drug-likeness (QED) is 0.668. The molecule has 5 nitrogen and oxygen atoms in total. The molecular formula is C22H22N2O3. The molecule has 1 heterocycles. The average molecular weight is 362 g/mol. The van der Waals surface area contributed by atoms with Crippen molar-refractivity contribution >= 4 is 5.91 Å². The summed E-state index contributed by atoms with van der Waals surface area (Å²) < 4.78 is 11.5. The van der Waals surface area contributed by atoms with E-state index in [1.807, 2.05) is 62.4 Å². The van der Waals surface area contributed by atoms with Crippen LogP contribution < -0.4 is 14.8 Å². The van der Waals surface area contributed by atoms with Crippen LogP contribution in [0, 0.1) is 0 Å². The van der Waals surface area contributed by atoms with Gasteiger partial charge in [0.05, 0.1) is 11.7 Å². The molecule has 0 atom stereocenters. The van der Waals surface area contributed by atoms with Crippen LogP contribution in [-0.2, 0) is 6.54 Å². The molecule has 3 aromatic rings. The van der Waals surface area contributed by atoms with Crippen LogP contribution in [0.3, 0.4) is 0 Å². The van der Waals surface area contributed by atoms with Gasteiger partial charge in [0, 0.05) is 18.9 Å². The fraction of sp³-hybridized carbons (Fsp3) is 0.182. The summed E-state index contributed by atoms with van der Waals surface area (Å²) in [5, 5.41) is 2.87. The molecule has 0 unspecified atom stereocenters. The zero-order valence-electron chi connectivity index (χ0n) is 15.4. The van der Waals surface area contributed by atoms with Crippen LogP contribution in [0.2, 0.25) is 0 Å². The molecule has 0 fully saturated rings. The van der Waals surface area contributed by atoms with E-state index in [0.29, 0.717) is 12.1 Å². The Labute approximate surface area is 159 Å². The number of aromatic nitrogens is 1. The highest BCUT2D eigenvalue weighted by atomic mass is 16.5. The van der Waals surface area contributed by atoms with E-state index < -0.39 is 0 Å². The van der Waals surface area contributed by atoms with Gasteiger partial charge >= 0.3 is 0 Å². The second-order valence-electron chi connectivity index (χ2n) is 6.31. The van der Waals surface area contributed by atoms with Crippen molar-refractivity contribution in [2.24, 2.45) is 0 Å². The number of pyridine rings is 1. The number of hydrogen-bond donors (Lipinski definition) is 1. The average Bonchev–Trinajstić information content (AvgIpc) is 2.69. The lowest BCUT2D eigenvalue weighted by molar-refractivity contribution is 0.0950. The van der Waals surface area contributed by atoms with E-state index in [1.165, 1.54) is 0 Å². The molecule has 0 aliphatic carbocycles. The first-order valence-electron chi connectivity index (χ1n) is 8.82. The van der Waals surface area contributed by atoms with Gasteiger partial charge in [0.1, 0.15) is 17.2 Å². The first-order chi connectivity index (χ1) is 13.1. The number of nitrogens with zero attached hydrogens (tertiary/aromatic N) is 1. The molecule has 0 aliphatic heterocycles. The summed E-state index contributed by atoms with van der Waals surface area (Å²) in [5.41, 5.74) is 1.53. The Balaban J connectivity index is 1.53. The highest BCUT2D eigenvalue weighted by Gasteiger charge is 2.05. The number of hydrogen-bond acceptors (Lipinski definition) is 4. The Morgan fingerprint density at radius 2 is 1.59 bits per heavy atom. The summed E-state index contributed by atoms with van der Waals surface area (Å²) >= 11 is 0. The van der Waals surface area contributed by atoms with Gasteiger partial charge in [0.25, 0.3) is 5.91 Å². The Hall–Kier alpha value is -3.34. The third kappa shape index (κ3) is 5.57. The van der Waals surface area contributed by atoms with Gasteiger partial charge in [-0.15, -0.1) is 0 Å². The molecule has 0 spiro atoms. The number of nitrogens with one attached hydrogen (secondary N) is 1. The van der Waals surface area contributed by atoms with Gasteiger partial charge in [0.2, 0.25) is 0 Å². The zero-order valence-corrected chi connectivity index (χ0v) is 15.4. The van der Waals surface area contributed by atoms with E-state index in [2.05, 4.69) is 10.3 Å². The second-order valence-corrected chi connectivity index (χ2v) is 6.31. The molecule has 1 N–H and O–H groups in total. The fourth-order valence-corrected chi connectivity index (χ4v) is 2.45. The summed E-state index contributed by atoms with van der Waals surface area (Å²) in [6.07, 6.45) is 3.33. The molecular weight excluding hydrogens is 340 g/mol. The normalized spacial score (nSPS) is 10.5. The van der Waals surface area contributed by atoms with E-state index in [4.69, 9.17) is 9.47 Å². The molecule has 2 aromatic carbocycles. The number of carbonyl (C=O) groups is 1. The molecule has 3 rings (SSSR count). The minimum Gasteiger partial charge on any atom is -0.491 e. The first-order valence-corrected chi connectivity index (χ1v) is 8.82. The Kier molecular flexibility index (Phi) is 6.05. The molecule has 27 heavy (non-hydrogen) atoms. The van der Waals surface area contributed by atoms with Crippen molar-refractivity contribution in [3.05, 3.63) is 84.2 Å². The summed E-state index contributed by atoms with van der Waals surface area (Å²) in [7, 11) is 0. The third-order valence-electron chi connectivity index (χ3n) is 3.73. The minimum absolute atomic E-state index is 0.142. The molecule has 138 valence electrons. The number of ether oxygens (including phenoxy) is 2. The van der Waals surface area contributed by atoms with Gasteiger partial charge in [-0.05, 0) is 67.9 Å². The van der Waals surface area contributed by atoms with Crippen LogP contribution in [0.1, 0.15) is 29.8 Å². The molecule has 5 heteroatoms. The van der Waals surface area contributed by atoms with Crippen LogP contribution in [0.5, 0.6) is 17.2 Å². The molecule has 1 aromatic heterocycles. The van der Waals surface area contributed by atoms with Gasteiger partial charge in [-0.25, -0.2) is 0 Å². The van der Waals surface area contributed by atoms with Crippen LogP contribution in [-0.4, -0.2) is 17.0 Å². The number of carbonyl (C=O) groups excluding carboxylic acids is 1. The van der Waals surface area contributed by atoms with Gasteiger partial charge in [0.15, 0.2) is 0 Å². The fourth-order valence-electron chi connectivity index (χ4n) is 2.45. The topological polar surface area (TPSA) is 60.5 Å². The molecule has 0 aliphatic rings. The molecule has 0 radical (unpaired) electrons. The predicted molar refractivity (Wildman–Crippen MR) is 104 cm³/mol. The Bertz CT molecular complexity index is 860. The monoisotopic (exact) mass is 362 g/mol. The van der Waals surface area contributed by atoms with E-state index in [9.17, 15) is 4.79 Å². The smallest absolute Gasteiger partial charge is 0.253 e. The highest BCUT2D eigenvalue weighted by molar-refractivity contribution is 5.93. The summed E-state index contributed by atoms with van der Waals surface area (Å²) in [6.45, 7) is 4.42. The van der Waals surface area contributed by atoms with E-state index in [-0.39, 0.29) is 12.0 Å². The van der Waals surface area contributed by atoms with Crippen molar-refractivity contribution in [1.29, 1.82) is 0 Å². The van der Waals surface area contributed by atoms with Crippen LogP contribution in [0.4, 0.5) is 0 Å². The van der Waals surface area contributed by atoms with E-state index in [0.717, 1.165) is 22.8 Å². The summed E-state index contributed by atoms with van der Waals surface area (Å²) in [6, 6.07) is 18.6. The maximum atomic E-state index is 12.0. The van der Waals surface area contributed by atoms with Crippen molar-refractivity contribution in [2.45, 2.75) is 26.5 Å². The van der Waals surface area contributed by atoms with E-state index in [1.54, 1.807) is 24.5 Å². The lowest BCUT2D eigenvalue weighted by atomic mass is 10.2. The lowest BCUT2D eigenvalue weighted by Gasteiger charge is -2.11. The molecule has 0 saturated heterocycles. The van der Waals surface area contributed by atoms with Crippen molar-refractivity contribution in [3.63, 3.8) is 0 Å². The first kappa shape index (κ1) is 18.5. The largest absolute Gasteiger partial charge is 0.491 e. The predicted octanol–water partition coefficient (Wildman–Crippen LogP) is 4.59. The second kappa shape index (κ2) is 8.85. The Morgan fingerprint density at radius 1 is 0.963 bits per heavy atom. The third-order valence-corrected chi connectivity index (χ3v) is 3.73. The molecule has 0 saturated carbocycles. The maximum Gasteiger partial charge on any atom is 0.253 e.